The Morgan fingerprint density at radius 3 is 2.68 bits per heavy atom. The van der Waals surface area contributed by atoms with Crippen LogP contribution in [0.2, 0.25) is 0 Å². The van der Waals surface area contributed by atoms with Crippen molar-refractivity contribution in [3.05, 3.63) is 29.8 Å². The molecule has 1 aliphatic carbocycles. The number of nitrogens with zero attached hydrogens (tertiary/aromatic N) is 1. The summed E-state index contributed by atoms with van der Waals surface area (Å²) in [6.07, 6.45) is 5.89. The monoisotopic (exact) mass is 304 g/mol. The molecule has 0 unspecified atom stereocenters. The van der Waals surface area contributed by atoms with Gasteiger partial charge in [0.05, 0.1) is 11.2 Å². The Kier molecular flexibility index (Phi) is 5.83. The van der Waals surface area contributed by atoms with Crippen LogP contribution < -0.4 is 5.32 Å². The van der Waals surface area contributed by atoms with E-state index in [-0.39, 0.29) is 5.91 Å². The highest BCUT2D eigenvalue weighted by atomic mass is 16.3. The van der Waals surface area contributed by atoms with Crippen LogP contribution in [0.1, 0.15) is 55.8 Å². The van der Waals surface area contributed by atoms with E-state index < -0.39 is 5.60 Å². The van der Waals surface area contributed by atoms with E-state index in [4.69, 9.17) is 0 Å². The molecule has 1 saturated carbocycles. The van der Waals surface area contributed by atoms with E-state index in [2.05, 4.69) is 12.2 Å². The summed E-state index contributed by atoms with van der Waals surface area (Å²) < 4.78 is 0. The molecule has 1 aliphatic rings. The molecule has 0 bridgehead atoms. The molecule has 2 N–H and O–H groups in total. The fraction of sp³-hybridized carbons (Fsp3) is 0.611. The first-order valence-corrected chi connectivity index (χ1v) is 8.36. The number of carbonyl (C=O) groups is 1. The van der Waals surface area contributed by atoms with Gasteiger partial charge in [0.1, 0.15) is 0 Å². The van der Waals surface area contributed by atoms with Gasteiger partial charge in [-0.3, -0.25) is 4.79 Å². The van der Waals surface area contributed by atoms with E-state index >= 15 is 0 Å². The molecule has 22 heavy (non-hydrogen) atoms. The maximum atomic E-state index is 12.7. The van der Waals surface area contributed by atoms with Crippen molar-refractivity contribution >= 4 is 11.6 Å². The number of benzene rings is 1. The minimum atomic E-state index is -0.699. The van der Waals surface area contributed by atoms with Crippen molar-refractivity contribution in [3.8, 4) is 0 Å². The van der Waals surface area contributed by atoms with Gasteiger partial charge in [0.25, 0.3) is 5.91 Å². The second-order valence-electron chi connectivity index (χ2n) is 6.42. The summed E-state index contributed by atoms with van der Waals surface area (Å²) in [6, 6.07) is 7.62. The summed E-state index contributed by atoms with van der Waals surface area (Å²) in [4.78, 5) is 14.4. The average Bonchev–Trinajstić information content (AvgIpc) is 2.93. The zero-order valence-corrected chi connectivity index (χ0v) is 13.8. The molecule has 0 radical (unpaired) electrons. The topological polar surface area (TPSA) is 52.6 Å². The van der Waals surface area contributed by atoms with Crippen LogP contribution in [0.25, 0.3) is 0 Å². The minimum Gasteiger partial charge on any atom is -0.388 e. The van der Waals surface area contributed by atoms with Gasteiger partial charge < -0.3 is 15.3 Å². The van der Waals surface area contributed by atoms with Gasteiger partial charge in [-0.1, -0.05) is 38.3 Å². The van der Waals surface area contributed by atoms with E-state index in [0.29, 0.717) is 12.1 Å². The molecule has 4 heteroatoms. The molecule has 122 valence electrons. The van der Waals surface area contributed by atoms with Crippen LogP contribution in [-0.4, -0.2) is 41.7 Å². The first kappa shape index (κ1) is 16.8. The lowest BCUT2D eigenvalue weighted by molar-refractivity contribution is 0.0157. The number of amides is 1. The van der Waals surface area contributed by atoms with Crippen LogP contribution in [0, 0.1) is 0 Å². The SMILES string of the molecule is CCCCNc1ccccc1C(=O)N(C)CC1(O)CCCC1. The third-order valence-corrected chi connectivity index (χ3v) is 4.42. The molecule has 0 aromatic heterocycles. The lowest BCUT2D eigenvalue weighted by Crippen LogP contribution is -2.42. The fourth-order valence-corrected chi connectivity index (χ4v) is 3.13. The third-order valence-electron chi connectivity index (χ3n) is 4.42. The molecule has 1 aromatic rings. The van der Waals surface area contributed by atoms with Gasteiger partial charge >= 0.3 is 0 Å². The highest BCUT2D eigenvalue weighted by Crippen LogP contribution is 2.30. The van der Waals surface area contributed by atoms with Crippen LogP contribution in [-0.2, 0) is 0 Å². The van der Waals surface area contributed by atoms with Gasteiger partial charge in [-0.05, 0) is 31.4 Å². The largest absolute Gasteiger partial charge is 0.388 e. The summed E-state index contributed by atoms with van der Waals surface area (Å²) in [5.41, 5.74) is 0.864. The van der Waals surface area contributed by atoms with Crippen LogP contribution in [0.5, 0.6) is 0 Å². The highest BCUT2D eigenvalue weighted by Gasteiger charge is 2.33. The number of hydrogen-bond acceptors (Lipinski definition) is 3. The smallest absolute Gasteiger partial charge is 0.255 e. The Bertz CT molecular complexity index is 496. The van der Waals surface area contributed by atoms with Crippen LogP contribution in [0.3, 0.4) is 0 Å². The summed E-state index contributed by atoms with van der Waals surface area (Å²) in [6.45, 7) is 3.43. The van der Waals surface area contributed by atoms with Gasteiger partial charge in [0.2, 0.25) is 0 Å². The highest BCUT2D eigenvalue weighted by molar-refractivity contribution is 5.99. The maximum absolute atomic E-state index is 12.7. The molecule has 0 atom stereocenters. The van der Waals surface area contributed by atoms with E-state index in [1.807, 2.05) is 24.3 Å². The Labute approximate surface area is 133 Å². The molecule has 4 nitrogen and oxygen atoms in total. The van der Waals surface area contributed by atoms with Crippen molar-refractivity contribution in [1.29, 1.82) is 0 Å². The Morgan fingerprint density at radius 2 is 2.00 bits per heavy atom. The molecule has 0 saturated heterocycles. The lowest BCUT2D eigenvalue weighted by atomic mass is 10.0. The van der Waals surface area contributed by atoms with Gasteiger partial charge in [-0.25, -0.2) is 0 Å². The van der Waals surface area contributed by atoms with Crippen molar-refractivity contribution < 1.29 is 9.90 Å². The van der Waals surface area contributed by atoms with E-state index in [0.717, 1.165) is 50.8 Å². The van der Waals surface area contributed by atoms with E-state index in [1.165, 1.54) is 0 Å². The van der Waals surface area contributed by atoms with Crippen molar-refractivity contribution in [1.82, 2.24) is 4.90 Å². The standard InChI is InChI=1S/C18H28N2O2/c1-3-4-13-19-16-10-6-5-9-15(16)17(21)20(2)14-18(22)11-7-8-12-18/h5-6,9-10,19,22H,3-4,7-8,11-14H2,1-2H3. The predicted octanol–water partition coefficient (Wildman–Crippen LogP) is 3.28. The molecule has 0 heterocycles. The summed E-state index contributed by atoms with van der Waals surface area (Å²) in [7, 11) is 1.78. The maximum Gasteiger partial charge on any atom is 0.255 e. The summed E-state index contributed by atoms with van der Waals surface area (Å²) in [5.74, 6) is -0.0278. The lowest BCUT2D eigenvalue weighted by Gasteiger charge is -2.29. The van der Waals surface area contributed by atoms with Crippen molar-refractivity contribution in [2.45, 2.75) is 51.0 Å². The van der Waals surface area contributed by atoms with Crippen LogP contribution in [0.15, 0.2) is 24.3 Å². The number of unbranched alkanes of at least 4 members (excludes halogenated alkanes) is 1. The third kappa shape index (κ3) is 4.23. The molecule has 1 fully saturated rings. The van der Waals surface area contributed by atoms with Crippen LogP contribution >= 0.6 is 0 Å². The molecular formula is C18H28N2O2. The van der Waals surface area contributed by atoms with Gasteiger partial charge in [-0.15, -0.1) is 0 Å². The molecule has 0 aliphatic heterocycles. The number of rotatable bonds is 7. The van der Waals surface area contributed by atoms with Gasteiger partial charge in [0, 0.05) is 25.8 Å². The number of para-hydroxylation sites is 1. The van der Waals surface area contributed by atoms with Crippen molar-refractivity contribution in [3.63, 3.8) is 0 Å². The molecule has 2 rings (SSSR count). The first-order valence-electron chi connectivity index (χ1n) is 8.36. The average molecular weight is 304 g/mol. The van der Waals surface area contributed by atoms with Crippen molar-refractivity contribution in [2.75, 3.05) is 25.5 Å². The molecular weight excluding hydrogens is 276 g/mol. The molecule has 0 spiro atoms. The summed E-state index contributed by atoms with van der Waals surface area (Å²) >= 11 is 0. The predicted molar refractivity (Wildman–Crippen MR) is 90.2 cm³/mol. The zero-order valence-electron chi connectivity index (χ0n) is 13.8. The first-order chi connectivity index (χ1) is 10.6. The second kappa shape index (κ2) is 7.63. The Balaban J connectivity index is 2.04. The van der Waals surface area contributed by atoms with E-state index in [9.17, 15) is 9.90 Å². The normalized spacial score (nSPS) is 16.5. The number of anilines is 1. The number of carbonyl (C=O) groups excluding carboxylic acids is 1. The Hall–Kier alpha value is -1.55. The minimum absolute atomic E-state index is 0.0278. The number of nitrogens with one attached hydrogen (secondary N) is 1. The molecule has 1 amide bonds. The molecule has 1 aromatic carbocycles. The zero-order chi connectivity index (χ0) is 16.0. The second-order valence-corrected chi connectivity index (χ2v) is 6.42. The van der Waals surface area contributed by atoms with E-state index in [1.54, 1.807) is 11.9 Å². The van der Waals surface area contributed by atoms with Crippen LogP contribution in [0.4, 0.5) is 5.69 Å². The Morgan fingerprint density at radius 1 is 1.32 bits per heavy atom. The van der Waals surface area contributed by atoms with Crippen molar-refractivity contribution in [2.24, 2.45) is 0 Å². The van der Waals surface area contributed by atoms with Gasteiger partial charge in [-0.2, -0.15) is 0 Å². The fourth-order valence-electron chi connectivity index (χ4n) is 3.13. The number of aliphatic hydroxyl groups is 1. The van der Waals surface area contributed by atoms with Gasteiger partial charge in [0.15, 0.2) is 0 Å². The summed E-state index contributed by atoms with van der Waals surface area (Å²) in [5, 5.41) is 13.8. The number of likely N-dealkylation sites (N-methyl/N-ethyl adjacent to an activating group) is 1. The quantitative estimate of drug-likeness (QED) is 0.760. The number of hydrogen-bond donors (Lipinski definition) is 2.